The lowest BCUT2D eigenvalue weighted by Gasteiger charge is -2.14. The van der Waals surface area contributed by atoms with Crippen LogP contribution in [0.5, 0.6) is 0 Å². The minimum Gasteiger partial charge on any atom is -0.223 e. The zero-order chi connectivity index (χ0) is 48.8. The lowest BCUT2D eigenvalue weighted by Crippen LogP contribution is -2.05. The van der Waals surface area contributed by atoms with E-state index in [1.165, 1.54) is 146 Å². The molecule has 342 valence electrons. The monoisotopic (exact) mass is 954 g/mol. The Morgan fingerprint density at radius 3 is 0.417 bits per heavy atom. The molecule has 0 spiro atoms. The summed E-state index contributed by atoms with van der Waals surface area (Å²) in [5, 5.41) is 0. The van der Waals surface area contributed by atoms with Crippen molar-refractivity contribution in [2.24, 2.45) is 0 Å². The van der Waals surface area contributed by atoms with Gasteiger partial charge in [0.25, 0.3) is 0 Å². The Labute approximate surface area is 399 Å². The highest BCUT2D eigenvalue weighted by molar-refractivity contribution is 6.20. The van der Waals surface area contributed by atoms with E-state index in [2.05, 4.69) is 0 Å². The van der Waals surface area contributed by atoms with Gasteiger partial charge in [-0.15, -0.1) is 0 Å². The van der Waals surface area contributed by atoms with Crippen molar-refractivity contribution in [2.75, 3.05) is 0 Å². The van der Waals surface area contributed by atoms with Gasteiger partial charge in [0.1, 0.15) is 68.0 Å². The quantitative estimate of drug-likeness (QED) is 0.0885. The lowest BCUT2D eigenvalue weighted by molar-refractivity contribution is 0.627. The molecule has 6 aromatic heterocycles. The fraction of sp³-hybridized carbons (Fsp3) is 0. The van der Waals surface area contributed by atoms with Crippen LogP contribution in [-0.4, -0.2) is 59.8 Å². The SMILES string of the molecule is Fc1ccc(-c2nc3nc4c5nc6nc(-c7ccc(F)cc7)c(-c7ccc(F)cc7)nc6nc5c5nc6nc(-c7ccc(F)cc7)c(-c7ccc(F)cc7)nc6nc5c4nc3nc2-c2ccc(F)cc2)cc1. The van der Waals surface area contributed by atoms with Crippen molar-refractivity contribution in [3.8, 4) is 67.5 Å². The molecule has 0 saturated heterocycles. The van der Waals surface area contributed by atoms with Gasteiger partial charge < -0.3 is 0 Å². The first kappa shape index (κ1) is 42.3. The van der Waals surface area contributed by atoms with Crippen LogP contribution in [0, 0.1) is 34.9 Å². The van der Waals surface area contributed by atoms with Crippen LogP contribution in [0.2, 0.25) is 0 Å². The zero-order valence-electron chi connectivity index (χ0n) is 36.5. The Kier molecular flexibility index (Phi) is 9.63. The predicted octanol–water partition coefficient (Wildman–Crippen LogP) is 12.2. The molecule has 13 aromatic rings. The van der Waals surface area contributed by atoms with E-state index in [0.717, 1.165) is 0 Å². The van der Waals surface area contributed by atoms with Gasteiger partial charge in [-0.05, 0) is 146 Å². The lowest BCUT2D eigenvalue weighted by atomic mass is 10.0. The summed E-state index contributed by atoms with van der Waals surface area (Å²) in [5.41, 5.74) is 5.63. The van der Waals surface area contributed by atoms with Gasteiger partial charge in [-0.3, -0.25) is 0 Å². The number of hydrogen-bond donors (Lipinski definition) is 0. The smallest absolute Gasteiger partial charge is 0.199 e. The number of halogens is 6. The van der Waals surface area contributed by atoms with Crippen molar-refractivity contribution in [3.05, 3.63) is 180 Å². The van der Waals surface area contributed by atoms with E-state index in [-0.39, 0.29) is 67.0 Å². The average molecular weight is 955 g/mol. The van der Waals surface area contributed by atoms with Crippen molar-refractivity contribution >= 4 is 67.0 Å². The maximum absolute atomic E-state index is 14.3. The van der Waals surface area contributed by atoms with Gasteiger partial charge in [-0.1, -0.05) is 0 Å². The molecule has 0 amide bonds. The van der Waals surface area contributed by atoms with Crippen molar-refractivity contribution in [3.63, 3.8) is 0 Å². The summed E-state index contributed by atoms with van der Waals surface area (Å²) in [6, 6.07) is 33.8. The van der Waals surface area contributed by atoms with Gasteiger partial charge >= 0.3 is 0 Å². The van der Waals surface area contributed by atoms with Crippen LogP contribution in [0.25, 0.3) is 135 Å². The normalized spacial score (nSPS) is 11.8. The third-order valence-electron chi connectivity index (χ3n) is 11.9. The van der Waals surface area contributed by atoms with Crippen LogP contribution >= 0.6 is 0 Å². The summed E-state index contributed by atoms with van der Waals surface area (Å²) >= 11 is 0. The standard InChI is InChI=1S/C54H24F6N12/c55-31-13-1-25(2-14-31)37-38(26-3-15-32(56)16-4-26)62-50-49(61-37)67-43-44(68-50)46-48(72-54-53(70-46)65-41(29-9-21-35(59)22-10-29)42(66-54)30-11-23-36(60)24-12-30)47-45(43)69-51-52(71-47)64-40(28-7-19-34(58)20-8-28)39(63-51)27-5-17-33(57)18-6-27/h1-24H. The van der Waals surface area contributed by atoms with Gasteiger partial charge in [-0.2, -0.15) is 0 Å². The maximum atomic E-state index is 14.3. The van der Waals surface area contributed by atoms with Crippen molar-refractivity contribution in [1.29, 1.82) is 0 Å². The molecule has 72 heavy (non-hydrogen) atoms. The molecule has 0 atom stereocenters. The van der Waals surface area contributed by atoms with Gasteiger partial charge in [0.05, 0.1) is 34.2 Å². The fourth-order valence-corrected chi connectivity index (χ4v) is 8.50. The fourth-order valence-electron chi connectivity index (χ4n) is 8.50. The molecule has 7 aromatic carbocycles. The predicted molar refractivity (Wildman–Crippen MR) is 257 cm³/mol. The first-order valence-electron chi connectivity index (χ1n) is 21.9. The first-order chi connectivity index (χ1) is 35.1. The summed E-state index contributed by atoms with van der Waals surface area (Å²) in [6.45, 7) is 0. The van der Waals surface area contributed by atoms with Crippen molar-refractivity contribution < 1.29 is 26.3 Å². The highest BCUT2D eigenvalue weighted by Crippen LogP contribution is 2.38. The second-order valence-corrected chi connectivity index (χ2v) is 16.5. The minimum atomic E-state index is -0.476. The molecule has 0 fully saturated rings. The van der Waals surface area contributed by atoms with Crippen molar-refractivity contribution in [1.82, 2.24) is 59.8 Å². The number of nitrogens with zero attached hydrogens (tertiary/aromatic N) is 12. The van der Waals surface area contributed by atoms with E-state index in [0.29, 0.717) is 67.5 Å². The van der Waals surface area contributed by atoms with E-state index >= 15 is 0 Å². The second-order valence-electron chi connectivity index (χ2n) is 16.5. The summed E-state index contributed by atoms with van der Waals surface area (Å²) in [5.74, 6) is -2.86. The molecule has 0 bridgehead atoms. The van der Waals surface area contributed by atoms with Crippen LogP contribution in [0.1, 0.15) is 0 Å². The van der Waals surface area contributed by atoms with E-state index in [1.807, 2.05) is 0 Å². The molecule has 18 heteroatoms. The Morgan fingerprint density at radius 2 is 0.292 bits per heavy atom. The Hall–Kier alpha value is -9.84. The van der Waals surface area contributed by atoms with E-state index < -0.39 is 34.9 Å². The number of fused-ring (bicyclic) bond motifs is 9. The summed E-state index contributed by atoms with van der Waals surface area (Å²) in [7, 11) is 0. The zero-order valence-corrected chi connectivity index (χ0v) is 36.5. The molecule has 0 N–H and O–H groups in total. The molecule has 0 radical (unpaired) electrons. The van der Waals surface area contributed by atoms with Crippen LogP contribution in [0.3, 0.4) is 0 Å². The average Bonchev–Trinajstić information content (AvgIpc) is 3.40. The highest BCUT2D eigenvalue weighted by Gasteiger charge is 2.25. The molecular formula is C54H24F6N12. The molecule has 0 unspecified atom stereocenters. The van der Waals surface area contributed by atoms with Crippen LogP contribution < -0.4 is 0 Å². The van der Waals surface area contributed by atoms with Crippen LogP contribution in [0.15, 0.2) is 146 Å². The Balaban J connectivity index is 1.15. The number of benzene rings is 7. The molecule has 6 heterocycles. The van der Waals surface area contributed by atoms with Gasteiger partial charge in [0.2, 0.25) is 0 Å². The molecule has 0 saturated carbocycles. The molecule has 13 rings (SSSR count). The Bertz CT molecular complexity index is 3600. The molecule has 0 aliphatic carbocycles. The van der Waals surface area contributed by atoms with E-state index in [1.54, 1.807) is 0 Å². The first-order valence-corrected chi connectivity index (χ1v) is 21.9. The molecule has 12 nitrogen and oxygen atoms in total. The molecular weight excluding hydrogens is 931 g/mol. The highest BCUT2D eigenvalue weighted by atomic mass is 19.1. The van der Waals surface area contributed by atoms with Crippen LogP contribution in [-0.2, 0) is 0 Å². The van der Waals surface area contributed by atoms with E-state index in [9.17, 15) is 26.3 Å². The number of rotatable bonds is 6. The number of aromatic nitrogens is 12. The third kappa shape index (κ3) is 7.27. The summed E-state index contributed by atoms with van der Waals surface area (Å²) in [6.07, 6.45) is 0. The topological polar surface area (TPSA) is 155 Å². The van der Waals surface area contributed by atoms with Gasteiger partial charge in [0, 0.05) is 33.4 Å². The largest absolute Gasteiger partial charge is 0.223 e. The maximum Gasteiger partial charge on any atom is 0.199 e. The van der Waals surface area contributed by atoms with Crippen molar-refractivity contribution in [2.45, 2.75) is 0 Å². The van der Waals surface area contributed by atoms with Crippen LogP contribution in [0.4, 0.5) is 26.3 Å². The minimum absolute atomic E-state index is 0.0380. The van der Waals surface area contributed by atoms with E-state index in [4.69, 9.17) is 59.8 Å². The molecule has 0 aliphatic heterocycles. The number of hydrogen-bond acceptors (Lipinski definition) is 12. The second kappa shape index (κ2) is 16.4. The summed E-state index contributed by atoms with van der Waals surface area (Å²) in [4.78, 5) is 59.8. The van der Waals surface area contributed by atoms with Gasteiger partial charge in [0.15, 0.2) is 33.9 Å². The summed E-state index contributed by atoms with van der Waals surface area (Å²) < 4.78 is 85.7. The van der Waals surface area contributed by atoms with Gasteiger partial charge in [-0.25, -0.2) is 86.2 Å². The Morgan fingerprint density at radius 1 is 0.167 bits per heavy atom. The third-order valence-corrected chi connectivity index (χ3v) is 11.9. The molecule has 0 aliphatic rings.